The van der Waals surface area contributed by atoms with Crippen molar-refractivity contribution in [1.29, 1.82) is 0 Å². The Kier molecular flexibility index (Phi) is 9.93. The average Bonchev–Trinajstić information content (AvgIpc) is 3.38. The maximum absolute atomic E-state index is 5.77. The Morgan fingerprint density at radius 2 is 2.15 bits per heavy atom. The summed E-state index contributed by atoms with van der Waals surface area (Å²) in [6.07, 6.45) is 6.67. The van der Waals surface area contributed by atoms with Crippen LogP contribution in [0, 0.1) is 0 Å². The van der Waals surface area contributed by atoms with E-state index in [1.54, 1.807) is 7.05 Å². The Balaban J connectivity index is 0.00000261. The number of benzene rings is 1. The number of nitrogens with zero attached hydrogens (tertiary/aromatic N) is 2. The molecule has 1 aromatic rings. The van der Waals surface area contributed by atoms with E-state index in [9.17, 15) is 0 Å². The van der Waals surface area contributed by atoms with E-state index >= 15 is 0 Å². The van der Waals surface area contributed by atoms with Gasteiger partial charge in [0.05, 0.1) is 12.7 Å². The minimum Gasteiger partial charge on any atom is -0.379 e. The molecule has 7 heteroatoms. The van der Waals surface area contributed by atoms with E-state index in [4.69, 9.17) is 9.47 Å². The number of nitrogens with one attached hydrogen (secondary N) is 2. The molecule has 1 aromatic carbocycles. The van der Waals surface area contributed by atoms with E-state index in [-0.39, 0.29) is 30.1 Å². The standard InChI is InChI=1S/C20H30N4O2.HI/c1-21-20(22-9-5-12-26-19-8-13-25-16-19)23-15-17-6-4-7-18(14-17)24-10-2-3-11-24;/h2-4,6-7,14,19H,5,8-13,15-16H2,1H3,(H2,21,22,23);1H. The lowest BCUT2D eigenvalue weighted by molar-refractivity contribution is 0.0420. The van der Waals surface area contributed by atoms with E-state index in [0.717, 1.165) is 64.8 Å². The van der Waals surface area contributed by atoms with E-state index in [1.165, 1.54) is 11.3 Å². The topological polar surface area (TPSA) is 58.1 Å². The van der Waals surface area contributed by atoms with Crippen molar-refractivity contribution in [1.82, 2.24) is 10.6 Å². The molecule has 1 unspecified atom stereocenters. The molecular formula is C20H31IN4O2. The first-order valence-corrected chi connectivity index (χ1v) is 9.48. The van der Waals surface area contributed by atoms with Crippen molar-refractivity contribution >= 4 is 35.6 Å². The molecule has 1 atom stereocenters. The summed E-state index contributed by atoms with van der Waals surface area (Å²) in [5.41, 5.74) is 2.52. The second kappa shape index (κ2) is 12.2. The highest BCUT2D eigenvalue weighted by atomic mass is 127. The molecule has 1 fully saturated rings. The van der Waals surface area contributed by atoms with Crippen molar-refractivity contribution in [3.8, 4) is 0 Å². The number of rotatable bonds is 8. The predicted octanol–water partition coefficient (Wildman–Crippen LogP) is 2.54. The Morgan fingerprint density at radius 1 is 1.30 bits per heavy atom. The van der Waals surface area contributed by atoms with E-state index in [1.807, 2.05) is 0 Å². The number of anilines is 1. The van der Waals surface area contributed by atoms with E-state index in [2.05, 4.69) is 56.9 Å². The van der Waals surface area contributed by atoms with Crippen molar-refractivity contribution in [3.05, 3.63) is 42.0 Å². The zero-order valence-corrected chi connectivity index (χ0v) is 18.4. The molecule has 0 spiro atoms. The Hall–Kier alpha value is -1.32. The lowest BCUT2D eigenvalue weighted by atomic mass is 10.2. The van der Waals surface area contributed by atoms with E-state index < -0.39 is 0 Å². The van der Waals surface area contributed by atoms with Crippen LogP contribution >= 0.6 is 24.0 Å². The molecule has 2 aliphatic heterocycles. The fraction of sp³-hybridized carbons (Fsp3) is 0.550. The van der Waals surface area contributed by atoms with Gasteiger partial charge in [0.15, 0.2) is 5.96 Å². The summed E-state index contributed by atoms with van der Waals surface area (Å²) in [5.74, 6) is 0.822. The first-order valence-electron chi connectivity index (χ1n) is 9.48. The maximum Gasteiger partial charge on any atom is 0.191 e. The highest BCUT2D eigenvalue weighted by Crippen LogP contribution is 2.18. The summed E-state index contributed by atoms with van der Waals surface area (Å²) in [4.78, 5) is 6.64. The van der Waals surface area contributed by atoms with Gasteiger partial charge in [0.1, 0.15) is 0 Å². The van der Waals surface area contributed by atoms with Crippen LogP contribution in [0.1, 0.15) is 18.4 Å². The molecule has 6 nitrogen and oxygen atoms in total. The molecule has 1 saturated heterocycles. The Bertz CT molecular complexity index is 610. The zero-order chi connectivity index (χ0) is 18.0. The monoisotopic (exact) mass is 486 g/mol. The Labute approximate surface area is 179 Å². The van der Waals surface area contributed by atoms with Crippen LogP contribution in [0.2, 0.25) is 0 Å². The lowest BCUT2D eigenvalue weighted by Gasteiger charge is -2.19. The van der Waals surface area contributed by atoms with Gasteiger partial charge in [0.25, 0.3) is 0 Å². The van der Waals surface area contributed by atoms with Crippen molar-refractivity contribution < 1.29 is 9.47 Å². The third-order valence-corrected chi connectivity index (χ3v) is 4.63. The quantitative estimate of drug-likeness (QED) is 0.195. The van der Waals surface area contributed by atoms with Crippen molar-refractivity contribution in [2.24, 2.45) is 4.99 Å². The molecule has 0 bridgehead atoms. The summed E-state index contributed by atoms with van der Waals surface area (Å²) in [7, 11) is 1.80. The van der Waals surface area contributed by atoms with Crippen LogP contribution < -0.4 is 15.5 Å². The third-order valence-electron chi connectivity index (χ3n) is 4.63. The van der Waals surface area contributed by atoms with Crippen LogP contribution in [-0.4, -0.2) is 58.6 Å². The van der Waals surface area contributed by atoms with Gasteiger partial charge in [0.2, 0.25) is 0 Å². The second-order valence-electron chi connectivity index (χ2n) is 6.61. The van der Waals surface area contributed by atoms with Gasteiger partial charge < -0.3 is 25.0 Å². The fourth-order valence-corrected chi connectivity index (χ4v) is 3.13. The molecule has 2 N–H and O–H groups in total. The number of aliphatic imine (C=N–C) groups is 1. The number of guanidine groups is 1. The van der Waals surface area contributed by atoms with Gasteiger partial charge in [-0.05, 0) is 30.5 Å². The van der Waals surface area contributed by atoms with Crippen LogP contribution in [0.5, 0.6) is 0 Å². The normalized spacial score (nSPS) is 19.2. The molecule has 3 rings (SSSR count). The number of ether oxygens (including phenoxy) is 2. The SMILES string of the molecule is CN=C(NCCCOC1CCOC1)NCc1cccc(N2CC=CC2)c1.I. The fourth-order valence-electron chi connectivity index (χ4n) is 3.13. The Morgan fingerprint density at radius 3 is 2.89 bits per heavy atom. The predicted molar refractivity (Wildman–Crippen MR) is 121 cm³/mol. The van der Waals surface area contributed by atoms with Gasteiger partial charge >= 0.3 is 0 Å². The minimum absolute atomic E-state index is 0. The molecule has 27 heavy (non-hydrogen) atoms. The molecule has 0 saturated carbocycles. The summed E-state index contributed by atoms with van der Waals surface area (Å²) in [6, 6.07) is 8.67. The number of halogens is 1. The van der Waals surface area contributed by atoms with Gasteiger partial charge in [-0.25, -0.2) is 0 Å². The van der Waals surface area contributed by atoms with Crippen LogP contribution in [0.15, 0.2) is 41.4 Å². The first-order chi connectivity index (χ1) is 12.8. The largest absolute Gasteiger partial charge is 0.379 e. The highest BCUT2D eigenvalue weighted by Gasteiger charge is 2.15. The van der Waals surface area contributed by atoms with Crippen LogP contribution in [0.25, 0.3) is 0 Å². The van der Waals surface area contributed by atoms with Gasteiger partial charge in [-0.2, -0.15) is 0 Å². The molecule has 2 aliphatic rings. The third kappa shape index (κ3) is 7.31. The summed E-state index contributed by atoms with van der Waals surface area (Å²) < 4.78 is 11.1. The van der Waals surface area contributed by atoms with E-state index in [0.29, 0.717) is 0 Å². The second-order valence-corrected chi connectivity index (χ2v) is 6.61. The molecule has 150 valence electrons. The van der Waals surface area contributed by atoms with Crippen LogP contribution in [-0.2, 0) is 16.0 Å². The lowest BCUT2D eigenvalue weighted by Crippen LogP contribution is -2.37. The van der Waals surface area contributed by atoms with Crippen LogP contribution in [0.4, 0.5) is 5.69 Å². The molecule has 0 aliphatic carbocycles. The molecular weight excluding hydrogens is 455 g/mol. The highest BCUT2D eigenvalue weighted by molar-refractivity contribution is 14.0. The van der Waals surface area contributed by atoms with Gasteiger partial charge in [0, 0.05) is 52.1 Å². The summed E-state index contributed by atoms with van der Waals surface area (Å²) >= 11 is 0. The number of hydrogen-bond donors (Lipinski definition) is 2. The van der Waals surface area contributed by atoms with Crippen molar-refractivity contribution in [2.75, 3.05) is 51.4 Å². The molecule has 0 amide bonds. The maximum atomic E-state index is 5.77. The molecule has 2 heterocycles. The molecule has 0 aromatic heterocycles. The van der Waals surface area contributed by atoms with Crippen LogP contribution in [0.3, 0.4) is 0 Å². The van der Waals surface area contributed by atoms with Crippen molar-refractivity contribution in [3.63, 3.8) is 0 Å². The summed E-state index contributed by atoms with van der Waals surface area (Å²) in [5, 5.41) is 6.72. The van der Waals surface area contributed by atoms with Gasteiger partial charge in [-0.1, -0.05) is 24.3 Å². The molecule has 0 radical (unpaired) electrons. The van der Waals surface area contributed by atoms with Crippen molar-refractivity contribution in [2.45, 2.75) is 25.5 Å². The zero-order valence-electron chi connectivity index (χ0n) is 16.0. The average molecular weight is 486 g/mol. The smallest absolute Gasteiger partial charge is 0.191 e. The van der Waals surface area contributed by atoms with Gasteiger partial charge in [-0.15, -0.1) is 24.0 Å². The number of hydrogen-bond acceptors (Lipinski definition) is 4. The van der Waals surface area contributed by atoms with Gasteiger partial charge in [-0.3, -0.25) is 4.99 Å². The summed E-state index contributed by atoms with van der Waals surface area (Å²) in [6.45, 7) is 5.91. The first kappa shape index (κ1) is 22.0. The minimum atomic E-state index is 0.